The van der Waals surface area contributed by atoms with Gasteiger partial charge in [-0.25, -0.2) is 4.79 Å². The topological polar surface area (TPSA) is 84.9 Å². The Morgan fingerprint density at radius 1 is 1.03 bits per heavy atom. The zero-order valence-corrected chi connectivity index (χ0v) is 19.4. The number of phenolic OH excluding ortho intramolecular Hbond substituents is 1. The van der Waals surface area contributed by atoms with E-state index in [-0.39, 0.29) is 17.2 Å². The van der Waals surface area contributed by atoms with Gasteiger partial charge in [-0.05, 0) is 54.3 Å². The van der Waals surface area contributed by atoms with Gasteiger partial charge in [-0.15, -0.1) is 0 Å². The maximum atomic E-state index is 12.9. The van der Waals surface area contributed by atoms with Crippen LogP contribution in [-0.4, -0.2) is 34.8 Å². The molecule has 0 saturated carbocycles. The van der Waals surface area contributed by atoms with Crippen LogP contribution in [0, 0.1) is 5.92 Å². The van der Waals surface area contributed by atoms with Crippen molar-refractivity contribution < 1.29 is 14.3 Å². The lowest BCUT2D eigenvalue weighted by Crippen LogP contribution is -2.46. The lowest BCUT2D eigenvalue weighted by molar-refractivity contribution is 0.113. The van der Waals surface area contributed by atoms with Gasteiger partial charge in [0.15, 0.2) is 0 Å². The number of hydrogen-bond donors (Lipinski definition) is 1. The second-order valence-corrected chi connectivity index (χ2v) is 9.55. The fourth-order valence-electron chi connectivity index (χ4n) is 5.70. The molecule has 4 aromatic rings. The summed E-state index contributed by atoms with van der Waals surface area (Å²) in [6.45, 7) is 2.78. The fourth-order valence-corrected chi connectivity index (χ4v) is 5.70. The molecule has 0 aliphatic carbocycles. The molecule has 1 N–H and O–H groups in total. The molecular formula is C28H26N2O5. The first kappa shape index (κ1) is 21.7. The highest BCUT2D eigenvalue weighted by atomic mass is 16.5. The molecule has 4 heterocycles. The van der Waals surface area contributed by atoms with Crippen LogP contribution in [-0.2, 0) is 13.1 Å². The third-order valence-electron chi connectivity index (χ3n) is 7.32. The third-order valence-corrected chi connectivity index (χ3v) is 7.32. The monoisotopic (exact) mass is 470 g/mol. The first-order chi connectivity index (χ1) is 17.0. The Hall–Kier alpha value is -3.84. The van der Waals surface area contributed by atoms with Crippen molar-refractivity contribution in [3.05, 3.63) is 92.7 Å². The number of rotatable bonds is 4. The van der Waals surface area contributed by atoms with Gasteiger partial charge >= 0.3 is 5.63 Å². The Bertz CT molecular complexity index is 1540. The predicted molar refractivity (Wildman–Crippen MR) is 133 cm³/mol. The standard InChI is InChI=1S/C28H26N2O5/c1-34-21-8-5-18(6-9-21)22-12-19-7-10-25(31)23(27(19)35-28(22)33)16-29-13-17-11-20(15-29)24-3-2-4-26(32)30(24)14-17/h2-10,12,17,20,31H,11,13-16H2,1H3/t17-,20-/m0/s1. The molecule has 2 aliphatic rings. The van der Waals surface area contributed by atoms with Gasteiger partial charge in [-0.2, -0.15) is 0 Å². The summed E-state index contributed by atoms with van der Waals surface area (Å²) in [5.74, 6) is 1.46. The maximum Gasteiger partial charge on any atom is 0.344 e. The molecule has 0 unspecified atom stereocenters. The Balaban J connectivity index is 1.34. The number of benzene rings is 2. The van der Waals surface area contributed by atoms with E-state index >= 15 is 0 Å². The van der Waals surface area contributed by atoms with Gasteiger partial charge in [-0.3, -0.25) is 9.69 Å². The summed E-state index contributed by atoms with van der Waals surface area (Å²) < 4.78 is 12.9. The van der Waals surface area contributed by atoms with Crippen molar-refractivity contribution in [1.29, 1.82) is 0 Å². The van der Waals surface area contributed by atoms with Crippen molar-refractivity contribution in [3.63, 3.8) is 0 Å². The Morgan fingerprint density at radius 2 is 1.86 bits per heavy atom. The molecule has 2 aromatic heterocycles. The second kappa shape index (κ2) is 8.43. The molecule has 178 valence electrons. The predicted octanol–water partition coefficient (Wildman–Crippen LogP) is 3.96. The van der Waals surface area contributed by atoms with Crippen LogP contribution < -0.4 is 15.9 Å². The number of ether oxygens (including phenoxy) is 1. The second-order valence-electron chi connectivity index (χ2n) is 9.55. The van der Waals surface area contributed by atoms with Crippen molar-refractivity contribution in [2.75, 3.05) is 20.2 Å². The average Bonchev–Trinajstić information content (AvgIpc) is 2.86. The summed E-state index contributed by atoms with van der Waals surface area (Å²) in [4.78, 5) is 27.6. The number of methoxy groups -OCH3 is 1. The number of aromatic nitrogens is 1. The van der Waals surface area contributed by atoms with Crippen LogP contribution in [0.2, 0.25) is 0 Å². The van der Waals surface area contributed by atoms with Gasteiger partial charge in [0.1, 0.15) is 17.1 Å². The van der Waals surface area contributed by atoms with Gasteiger partial charge in [0.05, 0.1) is 18.2 Å². The van der Waals surface area contributed by atoms with Gasteiger partial charge < -0.3 is 18.8 Å². The summed E-state index contributed by atoms with van der Waals surface area (Å²) in [6, 6.07) is 18.0. The zero-order valence-electron chi connectivity index (χ0n) is 19.4. The molecule has 2 aromatic carbocycles. The number of piperidine rings is 1. The van der Waals surface area contributed by atoms with E-state index < -0.39 is 5.63 Å². The Kier molecular flexibility index (Phi) is 5.22. The van der Waals surface area contributed by atoms with Gasteiger partial charge in [-0.1, -0.05) is 18.2 Å². The van der Waals surface area contributed by atoms with Crippen LogP contribution in [0.5, 0.6) is 11.5 Å². The molecule has 2 atom stereocenters. The summed E-state index contributed by atoms with van der Waals surface area (Å²) >= 11 is 0. The van der Waals surface area contributed by atoms with Gasteiger partial charge in [0.2, 0.25) is 0 Å². The van der Waals surface area contributed by atoms with Crippen LogP contribution >= 0.6 is 0 Å². The number of aromatic hydroxyl groups is 1. The number of likely N-dealkylation sites (tertiary alicyclic amines) is 1. The van der Waals surface area contributed by atoms with Gasteiger partial charge in [0.25, 0.3) is 5.56 Å². The molecule has 7 heteroatoms. The van der Waals surface area contributed by atoms with E-state index in [1.54, 1.807) is 37.4 Å². The zero-order chi connectivity index (χ0) is 24.1. The van der Waals surface area contributed by atoms with Crippen LogP contribution in [0.15, 0.2) is 74.7 Å². The number of hydrogen-bond acceptors (Lipinski definition) is 6. The van der Waals surface area contributed by atoms with E-state index in [1.807, 2.05) is 34.9 Å². The molecule has 6 rings (SSSR count). The summed E-state index contributed by atoms with van der Waals surface area (Å²) in [5.41, 5.74) is 2.94. The van der Waals surface area contributed by atoms with E-state index in [9.17, 15) is 14.7 Å². The first-order valence-electron chi connectivity index (χ1n) is 11.9. The molecule has 0 amide bonds. The highest BCUT2D eigenvalue weighted by Crippen LogP contribution is 2.37. The molecule has 2 aliphatic heterocycles. The number of pyridine rings is 1. The number of fused-ring (bicyclic) bond motifs is 5. The minimum atomic E-state index is -0.446. The van der Waals surface area contributed by atoms with Crippen molar-refractivity contribution in [2.24, 2.45) is 5.92 Å². The van der Waals surface area contributed by atoms with Crippen molar-refractivity contribution in [2.45, 2.75) is 25.4 Å². The van der Waals surface area contributed by atoms with E-state index in [0.29, 0.717) is 41.5 Å². The van der Waals surface area contributed by atoms with Crippen LogP contribution in [0.3, 0.4) is 0 Å². The lowest BCUT2D eigenvalue weighted by Gasteiger charge is -2.42. The minimum absolute atomic E-state index is 0.0618. The Morgan fingerprint density at radius 3 is 2.66 bits per heavy atom. The summed E-state index contributed by atoms with van der Waals surface area (Å²) in [7, 11) is 1.60. The largest absolute Gasteiger partial charge is 0.507 e. The molecular weight excluding hydrogens is 444 g/mol. The SMILES string of the molecule is COc1ccc(-c2cc3ccc(O)c(CN4C[C@@H]5C[C@@H](C4)c4cccc(=O)n4C5)c3oc2=O)cc1. The highest BCUT2D eigenvalue weighted by molar-refractivity contribution is 5.85. The first-order valence-corrected chi connectivity index (χ1v) is 11.9. The molecule has 7 nitrogen and oxygen atoms in total. The Labute approximate surface area is 201 Å². The lowest BCUT2D eigenvalue weighted by atomic mass is 9.83. The molecule has 1 saturated heterocycles. The summed E-state index contributed by atoms with van der Waals surface area (Å²) in [5, 5.41) is 11.5. The van der Waals surface area contributed by atoms with Crippen LogP contribution in [0.1, 0.15) is 23.6 Å². The highest BCUT2D eigenvalue weighted by Gasteiger charge is 2.35. The molecule has 0 radical (unpaired) electrons. The van der Waals surface area contributed by atoms with Gasteiger partial charge in [0, 0.05) is 49.2 Å². The van der Waals surface area contributed by atoms with E-state index in [4.69, 9.17) is 9.15 Å². The van der Waals surface area contributed by atoms with E-state index in [2.05, 4.69) is 4.90 Å². The normalized spacial score (nSPS) is 19.5. The summed E-state index contributed by atoms with van der Waals surface area (Å²) in [6.07, 6.45) is 1.06. The average molecular weight is 471 g/mol. The van der Waals surface area contributed by atoms with Crippen LogP contribution in [0.25, 0.3) is 22.1 Å². The van der Waals surface area contributed by atoms with E-state index in [0.717, 1.165) is 36.2 Å². The number of nitrogens with zero attached hydrogens (tertiary/aromatic N) is 2. The molecule has 35 heavy (non-hydrogen) atoms. The molecule has 2 bridgehead atoms. The third kappa shape index (κ3) is 3.82. The van der Waals surface area contributed by atoms with Crippen LogP contribution in [0.4, 0.5) is 0 Å². The maximum absolute atomic E-state index is 12.9. The molecule has 0 spiro atoms. The van der Waals surface area contributed by atoms with Crippen molar-refractivity contribution >= 4 is 11.0 Å². The number of phenols is 1. The quantitative estimate of drug-likeness (QED) is 0.455. The van der Waals surface area contributed by atoms with E-state index in [1.165, 1.54) is 0 Å². The van der Waals surface area contributed by atoms with Crippen molar-refractivity contribution in [3.8, 4) is 22.6 Å². The fraction of sp³-hybridized carbons (Fsp3) is 0.286. The smallest absolute Gasteiger partial charge is 0.344 e. The van der Waals surface area contributed by atoms with Crippen molar-refractivity contribution in [1.82, 2.24) is 9.47 Å². The minimum Gasteiger partial charge on any atom is -0.507 e. The molecule has 1 fully saturated rings.